The van der Waals surface area contributed by atoms with Crippen molar-refractivity contribution in [3.8, 4) is 0 Å². The predicted molar refractivity (Wildman–Crippen MR) is 68.6 cm³/mol. The van der Waals surface area contributed by atoms with Gasteiger partial charge >= 0.3 is 0 Å². The second-order valence-corrected chi connectivity index (χ2v) is 5.77. The Morgan fingerprint density at radius 3 is 2.65 bits per heavy atom. The van der Waals surface area contributed by atoms with E-state index < -0.39 is 0 Å². The van der Waals surface area contributed by atoms with Gasteiger partial charge in [-0.3, -0.25) is 4.79 Å². The summed E-state index contributed by atoms with van der Waals surface area (Å²) in [7, 11) is 2.09. The smallest absolute Gasteiger partial charge is 0.227 e. The Morgan fingerprint density at radius 2 is 2.06 bits per heavy atom. The van der Waals surface area contributed by atoms with Crippen molar-refractivity contribution in [2.75, 3.05) is 33.2 Å². The van der Waals surface area contributed by atoms with E-state index in [0.717, 1.165) is 32.5 Å². The molecule has 0 aliphatic carbocycles. The highest BCUT2D eigenvalue weighted by Crippen LogP contribution is 2.25. The lowest BCUT2D eigenvalue weighted by molar-refractivity contribution is -0.139. The number of rotatable bonds is 2. The van der Waals surface area contributed by atoms with Crippen LogP contribution in [0.3, 0.4) is 0 Å². The maximum atomic E-state index is 12.5. The number of nitrogens with zero attached hydrogens (tertiary/aromatic N) is 2. The van der Waals surface area contributed by atoms with E-state index in [9.17, 15) is 4.79 Å². The van der Waals surface area contributed by atoms with Crippen LogP contribution in [0.2, 0.25) is 0 Å². The second kappa shape index (κ2) is 5.36. The monoisotopic (exact) mass is 239 g/mol. The number of nitrogens with two attached hydrogens (primary N) is 1. The van der Waals surface area contributed by atoms with Gasteiger partial charge in [0.2, 0.25) is 5.91 Å². The minimum atomic E-state index is 0.221. The zero-order chi connectivity index (χ0) is 12.4. The van der Waals surface area contributed by atoms with E-state index in [1.807, 2.05) is 0 Å². The molecule has 17 heavy (non-hydrogen) atoms. The SMILES string of the molecule is CC1CCC(CN)CN1C(=O)C1CCN(C)C1. The molecule has 0 aromatic rings. The fourth-order valence-corrected chi connectivity index (χ4v) is 3.05. The van der Waals surface area contributed by atoms with Crippen LogP contribution in [0.1, 0.15) is 26.2 Å². The minimum absolute atomic E-state index is 0.221. The molecule has 0 saturated carbocycles. The number of amides is 1. The second-order valence-electron chi connectivity index (χ2n) is 5.77. The van der Waals surface area contributed by atoms with Gasteiger partial charge in [-0.2, -0.15) is 0 Å². The molecule has 4 nitrogen and oxygen atoms in total. The van der Waals surface area contributed by atoms with Crippen molar-refractivity contribution in [1.29, 1.82) is 0 Å². The van der Waals surface area contributed by atoms with E-state index in [-0.39, 0.29) is 5.92 Å². The number of piperidine rings is 1. The van der Waals surface area contributed by atoms with Crippen LogP contribution in [0, 0.1) is 11.8 Å². The van der Waals surface area contributed by atoms with Crippen molar-refractivity contribution in [3.63, 3.8) is 0 Å². The lowest BCUT2D eigenvalue weighted by Crippen LogP contribution is -2.49. The summed E-state index contributed by atoms with van der Waals surface area (Å²) in [6.07, 6.45) is 3.30. The average Bonchev–Trinajstić information content (AvgIpc) is 2.76. The Labute approximate surface area is 104 Å². The van der Waals surface area contributed by atoms with E-state index in [1.165, 1.54) is 6.42 Å². The van der Waals surface area contributed by atoms with Gasteiger partial charge in [0.1, 0.15) is 0 Å². The summed E-state index contributed by atoms with van der Waals surface area (Å²) >= 11 is 0. The normalized spacial score (nSPS) is 35.2. The largest absolute Gasteiger partial charge is 0.339 e. The Morgan fingerprint density at radius 1 is 1.29 bits per heavy atom. The third kappa shape index (κ3) is 2.80. The van der Waals surface area contributed by atoms with E-state index >= 15 is 0 Å². The lowest BCUT2D eigenvalue weighted by atomic mass is 9.92. The van der Waals surface area contributed by atoms with Gasteiger partial charge in [0, 0.05) is 19.1 Å². The van der Waals surface area contributed by atoms with Crippen LogP contribution in [0.5, 0.6) is 0 Å². The minimum Gasteiger partial charge on any atom is -0.339 e. The Hall–Kier alpha value is -0.610. The molecule has 1 amide bonds. The molecule has 2 aliphatic heterocycles. The van der Waals surface area contributed by atoms with Gasteiger partial charge in [-0.25, -0.2) is 0 Å². The highest BCUT2D eigenvalue weighted by molar-refractivity contribution is 5.79. The van der Waals surface area contributed by atoms with Crippen molar-refractivity contribution in [1.82, 2.24) is 9.80 Å². The van der Waals surface area contributed by atoms with Crippen molar-refractivity contribution >= 4 is 5.91 Å². The van der Waals surface area contributed by atoms with Crippen molar-refractivity contribution in [3.05, 3.63) is 0 Å². The zero-order valence-corrected chi connectivity index (χ0v) is 11.1. The first-order valence-corrected chi connectivity index (χ1v) is 6.81. The number of hydrogen-bond donors (Lipinski definition) is 1. The third-order valence-corrected chi connectivity index (χ3v) is 4.34. The molecular formula is C13H25N3O. The van der Waals surface area contributed by atoms with Crippen LogP contribution in [-0.2, 0) is 4.79 Å². The van der Waals surface area contributed by atoms with Gasteiger partial charge in [0.05, 0.1) is 5.92 Å². The highest BCUT2D eigenvalue weighted by Gasteiger charge is 2.34. The summed E-state index contributed by atoms with van der Waals surface area (Å²) in [6.45, 7) is 5.73. The summed E-state index contributed by atoms with van der Waals surface area (Å²) in [5.41, 5.74) is 5.74. The molecule has 0 aromatic heterocycles. The highest BCUT2D eigenvalue weighted by atomic mass is 16.2. The number of carbonyl (C=O) groups is 1. The fraction of sp³-hybridized carbons (Fsp3) is 0.923. The molecule has 2 aliphatic rings. The summed E-state index contributed by atoms with van der Waals surface area (Å²) in [4.78, 5) is 16.8. The average molecular weight is 239 g/mol. The molecule has 2 fully saturated rings. The van der Waals surface area contributed by atoms with Gasteiger partial charge in [-0.1, -0.05) is 0 Å². The molecule has 0 spiro atoms. The van der Waals surface area contributed by atoms with Crippen LogP contribution >= 0.6 is 0 Å². The first kappa shape index (κ1) is 12.8. The molecule has 3 unspecified atom stereocenters. The Kier molecular flexibility index (Phi) is 4.05. The molecule has 2 rings (SSSR count). The number of likely N-dealkylation sites (tertiary alicyclic amines) is 2. The Balaban J connectivity index is 1.97. The Bertz CT molecular complexity index is 282. The van der Waals surface area contributed by atoms with E-state index in [1.54, 1.807) is 0 Å². The van der Waals surface area contributed by atoms with Crippen LogP contribution in [-0.4, -0.2) is 55.0 Å². The lowest BCUT2D eigenvalue weighted by Gasteiger charge is -2.39. The number of carbonyl (C=O) groups excluding carboxylic acids is 1. The molecule has 4 heteroatoms. The third-order valence-electron chi connectivity index (χ3n) is 4.34. The first-order chi connectivity index (χ1) is 8.11. The summed E-state index contributed by atoms with van der Waals surface area (Å²) in [5.74, 6) is 1.09. The van der Waals surface area contributed by atoms with Gasteiger partial charge in [0.25, 0.3) is 0 Å². The number of hydrogen-bond acceptors (Lipinski definition) is 3. The van der Waals surface area contributed by atoms with Crippen LogP contribution in [0.4, 0.5) is 0 Å². The molecule has 98 valence electrons. The van der Waals surface area contributed by atoms with Crippen molar-refractivity contribution in [2.24, 2.45) is 17.6 Å². The maximum absolute atomic E-state index is 12.5. The van der Waals surface area contributed by atoms with Crippen molar-refractivity contribution in [2.45, 2.75) is 32.2 Å². The van der Waals surface area contributed by atoms with E-state index in [2.05, 4.69) is 23.8 Å². The van der Waals surface area contributed by atoms with Crippen LogP contribution < -0.4 is 5.73 Å². The van der Waals surface area contributed by atoms with E-state index in [4.69, 9.17) is 5.73 Å². The predicted octanol–water partition coefficient (Wildman–Crippen LogP) is 0.524. The quantitative estimate of drug-likeness (QED) is 0.764. The molecule has 2 heterocycles. The van der Waals surface area contributed by atoms with Crippen LogP contribution in [0.25, 0.3) is 0 Å². The van der Waals surface area contributed by atoms with Crippen molar-refractivity contribution < 1.29 is 4.79 Å². The molecule has 2 saturated heterocycles. The zero-order valence-electron chi connectivity index (χ0n) is 11.1. The standard InChI is InChI=1S/C13H25N3O/c1-10-3-4-11(7-14)8-16(10)13(17)12-5-6-15(2)9-12/h10-12H,3-9,14H2,1-2H3. The van der Waals surface area contributed by atoms with Gasteiger partial charge in [-0.15, -0.1) is 0 Å². The molecule has 0 bridgehead atoms. The fourth-order valence-electron chi connectivity index (χ4n) is 3.05. The molecule has 3 atom stereocenters. The van der Waals surface area contributed by atoms with Gasteiger partial charge in [0.15, 0.2) is 0 Å². The first-order valence-electron chi connectivity index (χ1n) is 6.81. The molecule has 2 N–H and O–H groups in total. The molecule has 0 aromatic carbocycles. The summed E-state index contributed by atoms with van der Waals surface area (Å²) < 4.78 is 0. The van der Waals surface area contributed by atoms with E-state index in [0.29, 0.717) is 24.4 Å². The van der Waals surface area contributed by atoms with Gasteiger partial charge in [-0.05, 0) is 52.2 Å². The van der Waals surface area contributed by atoms with Gasteiger partial charge < -0.3 is 15.5 Å². The van der Waals surface area contributed by atoms with Crippen LogP contribution in [0.15, 0.2) is 0 Å². The summed E-state index contributed by atoms with van der Waals surface area (Å²) in [5, 5.41) is 0. The topological polar surface area (TPSA) is 49.6 Å². The summed E-state index contributed by atoms with van der Waals surface area (Å²) in [6, 6.07) is 0.399. The molecular weight excluding hydrogens is 214 g/mol. The molecule has 0 radical (unpaired) electrons. The maximum Gasteiger partial charge on any atom is 0.227 e.